The molecule has 0 aliphatic carbocycles. The van der Waals surface area contributed by atoms with E-state index in [1.54, 1.807) is 37.3 Å². The van der Waals surface area contributed by atoms with Crippen LogP contribution >= 0.6 is 0 Å². The van der Waals surface area contributed by atoms with E-state index >= 15 is 0 Å². The molecule has 1 aliphatic rings. The summed E-state index contributed by atoms with van der Waals surface area (Å²) < 4.78 is 10.6. The molecule has 2 aromatic carbocycles. The minimum absolute atomic E-state index is 0.109. The zero-order valence-electron chi connectivity index (χ0n) is 16.0. The van der Waals surface area contributed by atoms with Crippen LogP contribution in [0.25, 0.3) is 0 Å². The van der Waals surface area contributed by atoms with E-state index in [-0.39, 0.29) is 18.2 Å². The van der Waals surface area contributed by atoms with Gasteiger partial charge in [0.2, 0.25) is 11.8 Å². The van der Waals surface area contributed by atoms with E-state index in [1.165, 1.54) is 0 Å². The number of carbonyl (C=O) groups excluding carboxylic acids is 2. The fraction of sp³-hybridized carbons (Fsp3) is 0.333. The normalized spacial score (nSPS) is 16.4. The molecule has 1 aliphatic heterocycles. The summed E-state index contributed by atoms with van der Waals surface area (Å²) in [7, 11) is 3.12. The molecule has 0 saturated carbocycles. The summed E-state index contributed by atoms with van der Waals surface area (Å²) in [5.41, 5.74) is 3.52. The second kappa shape index (κ2) is 7.70. The Balaban J connectivity index is 1.78. The summed E-state index contributed by atoms with van der Waals surface area (Å²) >= 11 is 0. The number of methoxy groups -OCH3 is 2. The largest absolute Gasteiger partial charge is 0.497 e. The molecule has 142 valence electrons. The Morgan fingerprint density at radius 2 is 1.89 bits per heavy atom. The van der Waals surface area contributed by atoms with Crippen LogP contribution in [-0.2, 0) is 9.59 Å². The van der Waals surface area contributed by atoms with Gasteiger partial charge in [0.1, 0.15) is 11.5 Å². The lowest BCUT2D eigenvalue weighted by molar-refractivity contribution is -0.122. The Morgan fingerprint density at radius 3 is 2.56 bits per heavy atom. The summed E-state index contributed by atoms with van der Waals surface area (Å²) in [6, 6.07) is 11.1. The SMILES string of the molecule is COc1ccc(OC)c(N2C[C@H](C(=O)Nc3ccc(C)cc3C)CC2=O)c1. The van der Waals surface area contributed by atoms with Crippen LogP contribution in [0.4, 0.5) is 11.4 Å². The van der Waals surface area contributed by atoms with Gasteiger partial charge in [0.15, 0.2) is 0 Å². The maximum Gasteiger partial charge on any atom is 0.229 e. The highest BCUT2D eigenvalue weighted by Gasteiger charge is 2.36. The number of nitrogens with one attached hydrogen (secondary N) is 1. The molecule has 0 aromatic heterocycles. The lowest BCUT2D eigenvalue weighted by atomic mass is 10.1. The van der Waals surface area contributed by atoms with Crippen molar-refractivity contribution in [2.24, 2.45) is 5.92 Å². The van der Waals surface area contributed by atoms with E-state index in [9.17, 15) is 9.59 Å². The van der Waals surface area contributed by atoms with Crippen LogP contribution in [-0.4, -0.2) is 32.6 Å². The molecular weight excluding hydrogens is 344 g/mol. The fourth-order valence-electron chi connectivity index (χ4n) is 3.31. The summed E-state index contributed by atoms with van der Waals surface area (Å²) in [5, 5.41) is 2.95. The number of carbonyl (C=O) groups is 2. The maximum atomic E-state index is 12.7. The zero-order valence-corrected chi connectivity index (χ0v) is 16.0. The van der Waals surface area contributed by atoms with Crippen LogP contribution in [0.5, 0.6) is 11.5 Å². The van der Waals surface area contributed by atoms with Crippen molar-refractivity contribution in [2.75, 3.05) is 31.0 Å². The van der Waals surface area contributed by atoms with Crippen LogP contribution in [0.15, 0.2) is 36.4 Å². The molecular formula is C21H24N2O4. The molecule has 2 amide bonds. The number of benzene rings is 2. The Bertz CT molecular complexity index is 878. The van der Waals surface area contributed by atoms with E-state index in [1.807, 2.05) is 32.0 Å². The van der Waals surface area contributed by atoms with Gasteiger partial charge in [0.25, 0.3) is 0 Å². The van der Waals surface area contributed by atoms with Crippen LogP contribution in [0.3, 0.4) is 0 Å². The predicted molar refractivity (Wildman–Crippen MR) is 105 cm³/mol. The van der Waals surface area contributed by atoms with Gasteiger partial charge in [-0.15, -0.1) is 0 Å². The summed E-state index contributed by atoms with van der Waals surface area (Å²) in [5.74, 6) is 0.512. The molecule has 0 radical (unpaired) electrons. The third kappa shape index (κ3) is 3.89. The molecule has 3 rings (SSSR count). The first-order valence-corrected chi connectivity index (χ1v) is 8.83. The van der Waals surface area contributed by atoms with Crippen molar-refractivity contribution < 1.29 is 19.1 Å². The third-order valence-corrected chi connectivity index (χ3v) is 4.81. The minimum Gasteiger partial charge on any atom is -0.497 e. The first-order valence-electron chi connectivity index (χ1n) is 8.83. The van der Waals surface area contributed by atoms with Crippen LogP contribution in [0.1, 0.15) is 17.5 Å². The summed E-state index contributed by atoms with van der Waals surface area (Å²) in [6.45, 7) is 4.27. The van der Waals surface area contributed by atoms with Gasteiger partial charge in [-0.2, -0.15) is 0 Å². The van der Waals surface area contributed by atoms with Gasteiger partial charge in [-0.25, -0.2) is 0 Å². The number of amides is 2. The van der Waals surface area contributed by atoms with Gasteiger partial charge < -0.3 is 19.7 Å². The number of nitrogens with zero attached hydrogens (tertiary/aromatic N) is 1. The van der Waals surface area contributed by atoms with Crippen molar-refractivity contribution >= 4 is 23.2 Å². The van der Waals surface area contributed by atoms with Crippen molar-refractivity contribution in [2.45, 2.75) is 20.3 Å². The highest BCUT2D eigenvalue weighted by molar-refractivity contribution is 6.04. The molecule has 1 heterocycles. The maximum absolute atomic E-state index is 12.7. The lowest BCUT2D eigenvalue weighted by Crippen LogP contribution is -2.28. The minimum atomic E-state index is -0.422. The van der Waals surface area contributed by atoms with Gasteiger partial charge in [0.05, 0.1) is 25.8 Å². The first-order chi connectivity index (χ1) is 12.9. The van der Waals surface area contributed by atoms with Gasteiger partial charge >= 0.3 is 0 Å². The Morgan fingerprint density at radius 1 is 1.11 bits per heavy atom. The van der Waals surface area contributed by atoms with E-state index in [4.69, 9.17) is 9.47 Å². The molecule has 1 saturated heterocycles. The number of ether oxygens (including phenoxy) is 2. The number of anilines is 2. The van der Waals surface area contributed by atoms with Crippen molar-refractivity contribution in [1.29, 1.82) is 0 Å². The standard InChI is InChI=1S/C21H24N2O4/c1-13-5-7-17(14(2)9-13)22-21(25)15-10-20(24)23(12-15)18-11-16(26-3)6-8-19(18)27-4/h5-9,11,15H,10,12H2,1-4H3,(H,22,25)/t15-/m1/s1. The molecule has 2 aromatic rings. The Labute approximate surface area is 159 Å². The summed E-state index contributed by atoms with van der Waals surface area (Å²) in [4.78, 5) is 26.9. The van der Waals surface area contributed by atoms with Crippen molar-refractivity contribution in [3.8, 4) is 11.5 Å². The highest BCUT2D eigenvalue weighted by Crippen LogP contribution is 2.36. The van der Waals surface area contributed by atoms with E-state index in [0.717, 1.165) is 16.8 Å². The van der Waals surface area contributed by atoms with Gasteiger partial charge in [-0.05, 0) is 37.6 Å². The van der Waals surface area contributed by atoms with Crippen molar-refractivity contribution in [1.82, 2.24) is 0 Å². The molecule has 6 heteroatoms. The van der Waals surface area contributed by atoms with Gasteiger partial charge in [-0.1, -0.05) is 17.7 Å². The van der Waals surface area contributed by atoms with Crippen LogP contribution < -0.4 is 19.7 Å². The molecule has 0 spiro atoms. The van der Waals surface area contributed by atoms with Crippen molar-refractivity contribution in [3.05, 3.63) is 47.5 Å². The van der Waals surface area contributed by atoms with E-state index < -0.39 is 5.92 Å². The predicted octanol–water partition coefficient (Wildman–Crippen LogP) is 3.31. The average molecular weight is 368 g/mol. The third-order valence-electron chi connectivity index (χ3n) is 4.81. The van der Waals surface area contributed by atoms with Crippen LogP contribution in [0.2, 0.25) is 0 Å². The molecule has 1 fully saturated rings. The molecule has 0 bridgehead atoms. The second-order valence-electron chi connectivity index (χ2n) is 6.75. The van der Waals surface area contributed by atoms with E-state index in [2.05, 4.69) is 5.32 Å². The lowest BCUT2D eigenvalue weighted by Gasteiger charge is -2.20. The topological polar surface area (TPSA) is 67.9 Å². The number of hydrogen-bond donors (Lipinski definition) is 1. The van der Waals surface area contributed by atoms with Gasteiger partial charge in [0, 0.05) is 24.7 Å². The van der Waals surface area contributed by atoms with E-state index in [0.29, 0.717) is 23.7 Å². The number of rotatable bonds is 5. The van der Waals surface area contributed by atoms with Gasteiger partial charge in [-0.3, -0.25) is 9.59 Å². The highest BCUT2D eigenvalue weighted by atomic mass is 16.5. The Hall–Kier alpha value is -3.02. The molecule has 0 unspecified atom stereocenters. The molecule has 27 heavy (non-hydrogen) atoms. The zero-order chi connectivity index (χ0) is 19.6. The molecule has 6 nitrogen and oxygen atoms in total. The average Bonchev–Trinajstić information content (AvgIpc) is 3.05. The number of hydrogen-bond acceptors (Lipinski definition) is 4. The smallest absolute Gasteiger partial charge is 0.229 e. The molecule has 1 atom stereocenters. The quantitative estimate of drug-likeness (QED) is 0.879. The Kier molecular flexibility index (Phi) is 5.35. The monoisotopic (exact) mass is 368 g/mol. The second-order valence-corrected chi connectivity index (χ2v) is 6.75. The first kappa shape index (κ1) is 18.8. The molecule has 1 N–H and O–H groups in total. The van der Waals surface area contributed by atoms with Crippen molar-refractivity contribution in [3.63, 3.8) is 0 Å². The fourth-order valence-corrected chi connectivity index (χ4v) is 3.31. The summed E-state index contributed by atoms with van der Waals surface area (Å²) in [6.07, 6.45) is 0.164. The number of aryl methyl sites for hydroxylation is 2. The van der Waals surface area contributed by atoms with Crippen LogP contribution in [0, 0.1) is 19.8 Å².